The first-order chi connectivity index (χ1) is 8.04. The molecule has 1 rings (SSSR count). The fourth-order valence-electron chi connectivity index (χ4n) is 1.68. The Morgan fingerprint density at radius 2 is 2.06 bits per heavy atom. The van der Waals surface area contributed by atoms with Gasteiger partial charge >= 0.3 is 0 Å². The monoisotopic (exact) mass is 277 g/mol. The second kappa shape index (κ2) is 6.62. The second-order valence-corrected chi connectivity index (χ2v) is 4.98. The van der Waals surface area contributed by atoms with Crippen molar-refractivity contribution in [3.63, 3.8) is 0 Å². The lowest BCUT2D eigenvalue weighted by Gasteiger charge is -2.23. The molecule has 98 valence electrons. The molecule has 0 amide bonds. The third kappa shape index (κ3) is 3.36. The van der Waals surface area contributed by atoms with E-state index in [-0.39, 0.29) is 0 Å². The van der Waals surface area contributed by atoms with Gasteiger partial charge in [0.1, 0.15) is 0 Å². The number of halogens is 2. The summed E-state index contributed by atoms with van der Waals surface area (Å²) in [5, 5.41) is 5.32. The lowest BCUT2D eigenvalue weighted by Crippen LogP contribution is -2.30. The molecule has 0 aliphatic rings. The first-order valence-corrected chi connectivity index (χ1v) is 6.96. The minimum absolute atomic E-state index is 0.331. The zero-order valence-electron chi connectivity index (χ0n) is 11.0. The first kappa shape index (κ1) is 14.8. The third-order valence-electron chi connectivity index (χ3n) is 3.07. The van der Waals surface area contributed by atoms with Gasteiger partial charge in [0.25, 0.3) is 0 Å². The number of aromatic nitrogens is 2. The normalized spacial score (nSPS) is 13.4. The van der Waals surface area contributed by atoms with Gasteiger partial charge in [-0.2, -0.15) is 5.10 Å². The Morgan fingerprint density at radius 1 is 1.41 bits per heavy atom. The molecule has 1 aromatic rings. The Labute approximate surface area is 114 Å². The molecule has 0 radical (unpaired) electrons. The molecule has 0 fully saturated rings. The van der Waals surface area contributed by atoms with Gasteiger partial charge < -0.3 is 0 Å². The lowest BCUT2D eigenvalue weighted by atomic mass is 10.2. The number of hydrogen-bond acceptors (Lipinski definition) is 2. The Kier molecular flexibility index (Phi) is 5.77. The fourth-order valence-corrected chi connectivity index (χ4v) is 2.24. The molecule has 0 aliphatic carbocycles. The highest BCUT2D eigenvalue weighted by molar-refractivity contribution is 6.31. The molecule has 0 aliphatic heterocycles. The average Bonchev–Trinajstić information content (AvgIpc) is 2.65. The van der Waals surface area contributed by atoms with Crippen molar-refractivity contribution in [2.45, 2.75) is 46.3 Å². The summed E-state index contributed by atoms with van der Waals surface area (Å²) in [5.74, 6) is 0.620. The maximum Gasteiger partial charge on any atom is 0.0863 e. The van der Waals surface area contributed by atoms with Crippen LogP contribution in [0.5, 0.6) is 0 Å². The molecule has 0 N–H and O–H groups in total. The molecule has 3 nitrogen and oxygen atoms in total. The Balaban J connectivity index is 2.92. The number of nitrogens with zero attached hydrogens (tertiary/aromatic N) is 3. The van der Waals surface area contributed by atoms with E-state index < -0.39 is 0 Å². The molecular weight excluding hydrogens is 257 g/mol. The van der Waals surface area contributed by atoms with Crippen molar-refractivity contribution in [3.8, 4) is 0 Å². The molecule has 1 atom stereocenters. The van der Waals surface area contributed by atoms with Crippen molar-refractivity contribution in [1.29, 1.82) is 0 Å². The third-order valence-corrected chi connectivity index (χ3v) is 3.95. The summed E-state index contributed by atoms with van der Waals surface area (Å²) in [6.45, 7) is 7.89. The molecule has 0 bridgehead atoms. The van der Waals surface area contributed by atoms with Gasteiger partial charge in [0.15, 0.2) is 0 Å². The molecule has 0 saturated carbocycles. The molecule has 0 saturated heterocycles. The van der Waals surface area contributed by atoms with E-state index in [0.717, 1.165) is 35.9 Å². The molecule has 17 heavy (non-hydrogen) atoms. The van der Waals surface area contributed by atoms with E-state index in [9.17, 15) is 0 Å². The fraction of sp³-hybridized carbons (Fsp3) is 0.750. The molecule has 1 aromatic heterocycles. The van der Waals surface area contributed by atoms with E-state index >= 15 is 0 Å². The van der Waals surface area contributed by atoms with Crippen LogP contribution in [0.4, 0.5) is 0 Å². The van der Waals surface area contributed by atoms with Crippen LogP contribution in [0.25, 0.3) is 0 Å². The molecule has 0 spiro atoms. The average molecular weight is 278 g/mol. The molecular formula is C12H21Cl2N3. The van der Waals surface area contributed by atoms with Crippen LogP contribution in [0, 0.1) is 0 Å². The maximum atomic E-state index is 6.36. The van der Waals surface area contributed by atoms with Gasteiger partial charge in [0.05, 0.1) is 16.4 Å². The topological polar surface area (TPSA) is 21.1 Å². The molecule has 0 aromatic carbocycles. The molecule has 5 heteroatoms. The molecule has 1 unspecified atom stereocenters. The Bertz CT molecular complexity index is 363. The SMILES string of the molecule is CCc1nn(CC)c(CN(C)C(C)CCl)c1Cl. The number of rotatable bonds is 6. The van der Waals surface area contributed by atoms with Gasteiger partial charge in [-0.25, -0.2) is 0 Å². The van der Waals surface area contributed by atoms with Crippen LogP contribution in [-0.4, -0.2) is 33.6 Å². The highest BCUT2D eigenvalue weighted by atomic mass is 35.5. The molecule has 1 heterocycles. The van der Waals surface area contributed by atoms with Crippen LogP contribution < -0.4 is 0 Å². The minimum atomic E-state index is 0.331. The zero-order chi connectivity index (χ0) is 13.0. The summed E-state index contributed by atoms with van der Waals surface area (Å²) >= 11 is 12.2. The van der Waals surface area contributed by atoms with E-state index in [4.69, 9.17) is 23.2 Å². The maximum absolute atomic E-state index is 6.36. The van der Waals surface area contributed by atoms with Crippen molar-refractivity contribution in [3.05, 3.63) is 16.4 Å². The van der Waals surface area contributed by atoms with Crippen molar-refractivity contribution in [2.75, 3.05) is 12.9 Å². The van der Waals surface area contributed by atoms with Gasteiger partial charge in [0, 0.05) is 25.0 Å². The van der Waals surface area contributed by atoms with Crippen LogP contribution in [0.15, 0.2) is 0 Å². The van der Waals surface area contributed by atoms with Crippen molar-refractivity contribution in [2.24, 2.45) is 0 Å². The van der Waals surface area contributed by atoms with E-state index in [2.05, 4.69) is 37.8 Å². The van der Waals surface area contributed by atoms with Crippen LogP contribution >= 0.6 is 23.2 Å². The first-order valence-electron chi connectivity index (χ1n) is 6.05. The van der Waals surface area contributed by atoms with E-state index in [0.29, 0.717) is 11.9 Å². The Hall–Kier alpha value is -0.250. The predicted octanol–water partition coefficient (Wildman–Crippen LogP) is 3.18. The summed E-state index contributed by atoms with van der Waals surface area (Å²) in [6.07, 6.45) is 0.869. The van der Waals surface area contributed by atoms with Crippen LogP contribution in [0.2, 0.25) is 5.02 Å². The standard InChI is InChI=1S/C12H21Cl2N3/c1-5-10-12(14)11(17(6-2)15-10)8-16(4)9(3)7-13/h9H,5-8H2,1-4H3. The van der Waals surface area contributed by atoms with E-state index in [1.54, 1.807) is 0 Å². The van der Waals surface area contributed by atoms with Gasteiger partial charge in [-0.15, -0.1) is 11.6 Å². The number of alkyl halides is 1. The lowest BCUT2D eigenvalue weighted by molar-refractivity contribution is 0.260. The quantitative estimate of drug-likeness (QED) is 0.745. The van der Waals surface area contributed by atoms with Crippen molar-refractivity contribution >= 4 is 23.2 Å². The van der Waals surface area contributed by atoms with Crippen molar-refractivity contribution in [1.82, 2.24) is 14.7 Å². The van der Waals surface area contributed by atoms with Crippen LogP contribution in [0.1, 0.15) is 32.2 Å². The van der Waals surface area contributed by atoms with Gasteiger partial charge in [-0.1, -0.05) is 18.5 Å². The van der Waals surface area contributed by atoms with E-state index in [1.165, 1.54) is 0 Å². The minimum Gasteiger partial charge on any atom is -0.297 e. The van der Waals surface area contributed by atoms with Gasteiger partial charge in [-0.05, 0) is 27.3 Å². The van der Waals surface area contributed by atoms with Crippen molar-refractivity contribution < 1.29 is 0 Å². The smallest absolute Gasteiger partial charge is 0.0863 e. The Morgan fingerprint density at radius 3 is 2.53 bits per heavy atom. The largest absolute Gasteiger partial charge is 0.297 e. The number of aryl methyl sites for hydroxylation is 2. The van der Waals surface area contributed by atoms with E-state index in [1.807, 2.05) is 4.68 Å². The van der Waals surface area contributed by atoms with Gasteiger partial charge in [-0.3, -0.25) is 9.58 Å². The summed E-state index contributed by atoms with van der Waals surface area (Å²) in [4.78, 5) is 2.20. The zero-order valence-corrected chi connectivity index (χ0v) is 12.5. The highest BCUT2D eigenvalue weighted by Gasteiger charge is 2.17. The number of hydrogen-bond donors (Lipinski definition) is 0. The summed E-state index contributed by atoms with van der Waals surface area (Å²) in [7, 11) is 2.06. The predicted molar refractivity (Wildman–Crippen MR) is 73.9 cm³/mol. The summed E-state index contributed by atoms with van der Waals surface area (Å²) in [5.41, 5.74) is 2.07. The summed E-state index contributed by atoms with van der Waals surface area (Å²) < 4.78 is 1.98. The van der Waals surface area contributed by atoms with Crippen LogP contribution in [0.3, 0.4) is 0 Å². The van der Waals surface area contributed by atoms with Gasteiger partial charge in [0.2, 0.25) is 0 Å². The second-order valence-electron chi connectivity index (χ2n) is 4.30. The highest BCUT2D eigenvalue weighted by Crippen LogP contribution is 2.23. The summed E-state index contributed by atoms with van der Waals surface area (Å²) in [6, 6.07) is 0.331. The van der Waals surface area contributed by atoms with Crippen LogP contribution in [-0.2, 0) is 19.5 Å².